The molecule has 0 spiro atoms. The Morgan fingerprint density at radius 1 is 1.08 bits per heavy atom. The smallest absolute Gasteiger partial charge is 0.317 e. The molecule has 1 aromatic rings. The number of carbonyl (C=O) groups excluding carboxylic acids is 2. The van der Waals surface area contributed by atoms with Gasteiger partial charge in [-0.25, -0.2) is 4.79 Å². The number of nitrogens with one attached hydrogen (secondary N) is 1. The molecule has 2 aliphatic rings. The minimum Gasteiger partial charge on any atom is -0.341 e. The summed E-state index contributed by atoms with van der Waals surface area (Å²) in [6.45, 7) is 4.90. The molecule has 1 atom stereocenters. The van der Waals surface area contributed by atoms with Gasteiger partial charge in [-0.05, 0) is 37.7 Å². The Bertz CT molecular complexity index is 586. The Labute approximate surface area is 150 Å². The van der Waals surface area contributed by atoms with Crippen LogP contribution in [0.25, 0.3) is 0 Å². The summed E-state index contributed by atoms with van der Waals surface area (Å²) in [5, 5.41) is 3.18. The summed E-state index contributed by atoms with van der Waals surface area (Å²) in [5.74, 6) is 0.550. The number of nitrogens with zero attached hydrogens (tertiary/aromatic N) is 2. The molecule has 0 aromatic heterocycles. The number of amides is 3. The van der Waals surface area contributed by atoms with Crippen LogP contribution in [0.15, 0.2) is 30.3 Å². The second-order valence-electron chi connectivity index (χ2n) is 7.18. The topological polar surface area (TPSA) is 52.7 Å². The Morgan fingerprint density at radius 2 is 1.76 bits per heavy atom. The third-order valence-electron chi connectivity index (χ3n) is 5.17. The first-order valence-corrected chi connectivity index (χ1v) is 9.55. The van der Waals surface area contributed by atoms with Crippen molar-refractivity contribution < 1.29 is 9.59 Å². The average Bonchev–Trinajstić information content (AvgIpc) is 3.47. The molecule has 3 amide bonds. The summed E-state index contributed by atoms with van der Waals surface area (Å²) in [5.41, 5.74) is 1.24. The van der Waals surface area contributed by atoms with E-state index < -0.39 is 0 Å². The zero-order valence-corrected chi connectivity index (χ0v) is 15.1. The first-order chi connectivity index (χ1) is 12.2. The Balaban J connectivity index is 1.50. The Morgan fingerprint density at radius 3 is 2.44 bits per heavy atom. The predicted molar refractivity (Wildman–Crippen MR) is 98.3 cm³/mol. The fourth-order valence-corrected chi connectivity index (χ4v) is 3.39. The molecule has 5 heteroatoms. The van der Waals surface area contributed by atoms with E-state index in [-0.39, 0.29) is 23.9 Å². The highest BCUT2D eigenvalue weighted by atomic mass is 16.2. The van der Waals surface area contributed by atoms with Gasteiger partial charge in [-0.1, -0.05) is 37.3 Å². The van der Waals surface area contributed by atoms with Gasteiger partial charge in [0.25, 0.3) is 0 Å². The molecule has 1 saturated carbocycles. The lowest BCUT2D eigenvalue weighted by atomic mass is 10.0. The van der Waals surface area contributed by atoms with Crippen molar-refractivity contribution in [2.75, 3.05) is 26.2 Å². The molecule has 1 aromatic carbocycles. The molecule has 3 rings (SSSR count). The van der Waals surface area contributed by atoms with E-state index in [9.17, 15) is 9.59 Å². The van der Waals surface area contributed by atoms with E-state index in [1.54, 1.807) is 0 Å². The maximum absolute atomic E-state index is 12.6. The van der Waals surface area contributed by atoms with Crippen molar-refractivity contribution in [3.8, 4) is 0 Å². The van der Waals surface area contributed by atoms with Gasteiger partial charge >= 0.3 is 6.03 Å². The van der Waals surface area contributed by atoms with Gasteiger partial charge in [-0.2, -0.15) is 0 Å². The standard InChI is InChI=1S/C20H29N3O2/c1-2-18(15-16-7-4-3-5-8-16)21-20(25)23-12-6-11-22(13-14-23)19(24)17-9-10-17/h3-5,7-8,17-18H,2,6,9-15H2,1H3,(H,21,25)/t18-/m0/s1. The van der Waals surface area contributed by atoms with Crippen molar-refractivity contribution in [1.29, 1.82) is 0 Å². The molecule has 0 radical (unpaired) electrons. The number of urea groups is 1. The third kappa shape index (κ3) is 4.97. The molecule has 1 aliphatic heterocycles. The van der Waals surface area contributed by atoms with Crippen LogP contribution >= 0.6 is 0 Å². The van der Waals surface area contributed by atoms with E-state index >= 15 is 0 Å². The molecule has 136 valence electrons. The fourth-order valence-electron chi connectivity index (χ4n) is 3.39. The Kier molecular flexibility index (Phi) is 5.95. The SMILES string of the molecule is CC[C@@H](Cc1ccccc1)NC(=O)N1CCCN(C(=O)C2CC2)CC1. The van der Waals surface area contributed by atoms with E-state index in [1.165, 1.54) is 5.56 Å². The summed E-state index contributed by atoms with van der Waals surface area (Å²) in [6, 6.07) is 10.4. The van der Waals surface area contributed by atoms with Gasteiger partial charge in [-0.15, -0.1) is 0 Å². The highest BCUT2D eigenvalue weighted by molar-refractivity contribution is 5.81. The van der Waals surface area contributed by atoms with Crippen LogP contribution in [0.3, 0.4) is 0 Å². The summed E-state index contributed by atoms with van der Waals surface area (Å²) in [7, 11) is 0. The largest absolute Gasteiger partial charge is 0.341 e. The first kappa shape index (κ1) is 17.8. The molecule has 0 unspecified atom stereocenters. The number of hydrogen-bond donors (Lipinski definition) is 1. The lowest BCUT2D eigenvalue weighted by Crippen LogP contribution is -2.47. The second-order valence-corrected chi connectivity index (χ2v) is 7.18. The van der Waals surface area contributed by atoms with Crippen molar-refractivity contribution in [3.05, 3.63) is 35.9 Å². The molecular weight excluding hydrogens is 314 g/mol. The summed E-state index contributed by atoms with van der Waals surface area (Å²) in [6.07, 6.45) is 4.69. The van der Waals surface area contributed by atoms with Gasteiger partial charge in [0, 0.05) is 38.1 Å². The van der Waals surface area contributed by atoms with Crippen molar-refractivity contribution >= 4 is 11.9 Å². The zero-order valence-electron chi connectivity index (χ0n) is 15.1. The minimum absolute atomic E-state index is 0.00324. The van der Waals surface area contributed by atoms with Crippen LogP contribution in [-0.4, -0.2) is 54.0 Å². The van der Waals surface area contributed by atoms with Crippen LogP contribution in [0.4, 0.5) is 4.79 Å². The highest BCUT2D eigenvalue weighted by Gasteiger charge is 2.34. The second kappa shape index (κ2) is 8.37. The molecule has 1 N–H and O–H groups in total. The maximum atomic E-state index is 12.6. The molecule has 2 fully saturated rings. The third-order valence-corrected chi connectivity index (χ3v) is 5.17. The van der Waals surface area contributed by atoms with Crippen LogP contribution in [0, 0.1) is 5.92 Å². The van der Waals surface area contributed by atoms with E-state index in [1.807, 2.05) is 28.0 Å². The fraction of sp³-hybridized carbons (Fsp3) is 0.600. The van der Waals surface area contributed by atoms with Crippen LogP contribution in [0.5, 0.6) is 0 Å². The van der Waals surface area contributed by atoms with Crippen molar-refractivity contribution in [2.24, 2.45) is 5.92 Å². The van der Waals surface area contributed by atoms with Gasteiger partial charge in [0.1, 0.15) is 0 Å². The van der Waals surface area contributed by atoms with Gasteiger partial charge < -0.3 is 15.1 Å². The summed E-state index contributed by atoms with van der Waals surface area (Å²) in [4.78, 5) is 28.7. The number of benzene rings is 1. The minimum atomic E-state index is 0.00324. The van der Waals surface area contributed by atoms with Crippen LogP contribution in [0.2, 0.25) is 0 Å². The van der Waals surface area contributed by atoms with E-state index in [0.29, 0.717) is 13.1 Å². The summed E-state index contributed by atoms with van der Waals surface area (Å²) >= 11 is 0. The van der Waals surface area contributed by atoms with E-state index in [4.69, 9.17) is 0 Å². The highest BCUT2D eigenvalue weighted by Crippen LogP contribution is 2.31. The zero-order chi connectivity index (χ0) is 17.6. The molecule has 1 saturated heterocycles. The van der Waals surface area contributed by atoms with E-state index in [0.717, 1.165) is 45.2 Å². The van der Waals surface area contributed by atoms with Crippen molar-refractivity contribution in [1.82, 2.24) is 15.1 Å². The number of carbonyl (C=O) groups is 2. The van der Waals surface area contributed by atoms with Crippen LogP contribution < -0.4 is 5.32 Å². The van der Waals surface area contributed by atoms with Gasteiger partial charge in [0.05, 0.1) is 0 Å². The summed E-state index contributed by atoms with van der Waals surface area (Å²) < 4.78 is 0. The lowest BCUT2D eigenvalue weighted by Gasteiger charge is -2.25. The Hall–Kier alpha value is -2.04. The average molecular weight is 343 g/mol. The van der Waals surface area contributed by atoms with Crippen LogP contribution in [0.1, 0.15) is 38.2 Å². The molecular formula is C20H29N3O2. The molecule has 5 nitrogen and oxygen atoms in total. The normalized spacial score (nSPS) is 19.2. The van der Waals surface area contributed by atoms with Crippen molar-refractivity contribution in [3.63, 3.8) is 0 Å². The quantitative estimate of drug-likeness (QED) is 0.894. The first-order valence-electron chi connectivity index (χ1n) is 9.55. The lowest BCUT2D eigenvalue weighted by molar-refractivity contribution is -0.132. The maximum Gasteiger partial charge on any atom is 0.317 e. The molecule has 1 aliphatic carbocycles. The van der Waals surface area contributed by atoms with Gasteiger partial charge in [0.2, 0.25) is 5.91 Å². The van der Waals surface area contributed by atoms with Gasteiger partial charge in [0.15, 0.2) is 0 Å². The predicted octanol–water partition coefficient (Wildman–Crippen LogP) is 2.66. The molecule has 1 heterocycles. The van der Waals surface area contributed by atoms with Crippen LogP contribution in [-0.2, 0) is 11.2 Å². The van der Waals surface area contributed by atoms with Gasteiger partial charge in [-0.3, -0.25) is 4.79 Å². The number of hydrogen-bond acceptors (Lipinski definition) is 2. The molecule has 0 bridgehead atoms. The number of rotatable bonds is 5. The van der Waals surface area contributed by atoms with Crippen molar-refractivity contribution in [2.45, 2.75) is 45.1 Å². The molecule has 25 heavy (non-hydrogen) atoms. The monoisotopic (exact) mass is 343 g/mol. The van der Waals surface area contributed by atoms with E-state index in [2.05, 4.69) is 24.4 Å².